The molecule has 4 heteroatoms. The van der Waals surface area contributed by atoms with Crippen molar-refractivity contribution in [2.24, 2.45) is 17.8 Å². The third-order valence-electron chi connectivity index (χ3n) is 8.31. The lowest BCUT2D eigenvalue weighted by Gasteiger charge is -2.61. The number of carbonyl (C=O) groups excluding carboxylic acids is 1. The molecule has 0 spiro atoms. The normalized spacial score (nSPS) is 34.8. The number of hydrogen-bond acceptors (Lipinski definition) is 3. The fourth-order valence-corrected chi connectivity index (χ4v) is 7.07. The molecule has 2 saturated carbocycles. The van der Waals surface area contributed by atoms with Crippen molar-refractivity contribution in [3.05, 3.63) is 29.3 Å². The Kier molecular flexibility index (Phi) is 5.52. The average Bonchev–Trinajstić information content (AvgIpc) is 2.60. The summed E-state index contributed by atoms with van der Waals surface area (Å²) in [6.07, 6.45) is 10.2. The molecule has 1 N–H and O–H groups in total. The second-order valence-electron chi connectivity index (χ2n) is 9.81. The van der Waals surface area contributed by atoms with Gasteiger partial charge in [-0.1, -0.05) is 25.8 Å². The Labute approximate surface area is 175 Å². The van der Waals surface area contributed by atoms with Crippen LogP contribution in [0.15, 0.2) is 18.2 Å². The molecule has 1 aliphatic heterocycles. The quantitative estimate of drug-likeness (QED) is 0.778. The van der Waals surface area contributed by atoms with E-state index in [2.05, 4.69) is 17.9 Å². The van der Waals surface area contributed by atoms with Gasteiger partial charge in [0.15, 0.2) is 0 Å². The third kappa shape index (κ3) is 3.10. The van der Waals surface area contributed by atoms with E-state index in [1.165, 1.54) is 43.4 Å². The van der Waals surface area contributed by atoms with Crippen LogP contribution >= 0.6 is 12.4 Å². The van der Waals surface area contributed by atoms with E-state index < -0.39 is 0 Å². The van der Waals surface area contributed by atoms with Crippen molar-refractivity contribution in [1.29, 1.82) is 0 Å². The highest BCUT2D eigenvalue weighted by Crippen LogP contribution is 2.58. The minimum atomic E-state index is -0.0255. The Morgan fingerprint density at radius 1 is 1.25 bits per heavy atom. The van der Waals surface area contributed by atoms with Gasteiger partial charge in [-0.3, -0.25) is 9.69 Å². The number of phenols is 1. The van der Waals surface area contributed by atoms with Crippen LogP contribution in [0.4, 0.5) is 0 Å². The zero-order valence-corrected chi connectivity index (χ0v) is 17.8. The molecule has 3 aliphatic carbocycles. The number of benzene rings is 1. The molecule has 28 heavy (non-hydrogen) atoms. The van der Waals surface area contributed by atoms with Gasteiger partial charge in [0.25, 0.3) is 0 Å². The summed E-state index contributed by atoms with van der Waals surface area (Å²) in [5.74, 6) is 2.81. The molecular weight excluding hydrogens is 370 g/mol. The van der Waals surface area contributed by atoms with Crippen LogP contribution in [0, 0.1) is 17.8 Å². The lowest BCUT2D eigenvalue weighted by Crippen LogP contribution is -2.65. The maximum Gasteiger partial charge on any atom is 0.134 e. The van der Waals surface area contributed by atoms with E-state index in [1.54, 1.807) is 0 Å². The molecule has 4 atom stereocenters. The fourth-order valence-electron chi connectivity index (χ4n) is 7.07. The fraction of sp³-hybridized carbons (Fsp3) is 0.708. The second-order valence-corrected chi connectivity index (χ2v) is 9.81. The lowest BCUT2D eigenvalue weighted by molar-refractivity contribution is -0.132. The number of piperidine rings is 1. The van der Waals surface area contributed by atoms with Gasteiger partial charge in [0.1, 0.15) is 11.5 Å². The van der Waals surface area contributed by atoms with Crippen LogP contribution in [0.5, 0.6) is 5.75 Å². The summed E-state index contributed by atoms with van der Waals surface area (Å²) in [6, 6.07) is 6.56. The molecular formula is C24H34ClNO2. The van der Waals surface area contributed by atoms with Crippen LogP contribution in [-0.2, 0) is 16.6 Å². The van der Waals surface area contributed by atoms with E-state index in [0.29, 0.717) is 35.8 Å². The molecule has 154 valence electrons. The highest BCUT2D eigenvalue weighted by molar-refractivity contribution is 5.85. The molecule has 1 saturated heterocycles. The molecule has 5 rings (SSSR count). The van der Waals surface area contributed by atoms with Crippen molar-refractivity contribution in [2.75, 3.05) is 13.1 Å². The molecule has 0 radical (unpaired) electrons. The zero-order chi connectivity index (χ0) is 18.6. The first-order chi connectivity index (χ1) is 13.1. The molecule has 0 amide bonds. The first-order valence-electron chi connectivity index (χ1n) is 11.2. The minimum absolute atomic E-state index is 0. The van der Waals surface area contributed by atoms with Crippen LogP contribution < -0.4 is 0 Å². The summed E-state index contributed by atoms with van der Waals surface area (Å²) in [7, 11) is 0. The predicted molar refractivity (Wildman–Crippen MR) is 114 cm³/mol. The van der Waals surface area contributed by atoms with Crippen LogP contribution in [-0.4, -0.2) is 34.9 Å². The molecule has 1 aromatic rings. The summed E-state index contributed by atoms with van der Waals surface area (Å²) in [4.78, 5) is 15.6. The maximum absolute atomic E-state index is 12.8. The van der Waals surface area contributed by atoms with Gasteiger partial charge in [-0.25, -0.2) is 0 Å². The van der Waals surface area contributed by atoms with Gasteiger partial charge >= 0.3 is 0 Å². The number of fused-ring (bicyclic) bond motifs is 1. The van der Waals surface area contributed by atoms with Gasteiger partial charge in [-0.2, -0.15) is 0 Å². The van der Waals surface area contributed by atoms with E-state index in [9.17, 15) is 9.90 Å². The van der Waals surface area contributed by atoms with Crippen LogP contribution in [0.3, 0.4) is 0 Å². The highest BCUT2D eigenvalue weighted by Gasteiger charge is 2.58. The Bertz CT molecular complexity index is 746. The molecule has 2 unspecified atom stereocenters. The van der Waals surface area contributed by atoms with Crippen molar-refractivity contribution in [2.45, 2.75) is 76.2 Å². The van der Waals surface area contributed by atoms with Gasteiger partial charge in [0.2, 0.25) is 0 Å². The van der Waals surface area contributed by atoms with E-state index in [4.69, 9.17) is 0 Å². The molecule has 3 fully saturated rings. The SMILES string of the molecule is CCC[C@@H]1CC(=O)CC23CCN(CC4CCC4)C(Cc4ccc(O)cc42)[C@@H]13.Cl. The van der Waals surface area contributed by atoms with Crippen molar-refractivity contribution < 1.29 is 9.90 Å². The Balaban J connectivity index is 0.00000192. The molecule has 2 bridgehead atoms. The van der Waals surface area contributed by atoms with Crippen LogP contribution in [0.2, 0.25) is 0 Å². The van der Waals surface area contributed by atoms with Gasteiger partial charge < -0.3 is 5.11 Å². The molecule has 1 heterocycles. The number of hydrogen-bond donors (Lipinski definition) is 1. The number of halogens is 1. The summed E-state index contributed by atoms with van der Waals surface area (Å²) in [6.45, 7) is 4.65. The first kappa shape index (κ1) is 20.2. The van der Waals surface area contributed by atoms with E-state index in [0.717, 1.165) is 38.1 Å². The number of ketones is 1. The van der Waals surface area contributed by atoms with Crippen LogP contribution in [0.25, 0.3) is 0 Å². The van der Waals surface area contributed by atoms with Crippen LogP contribution in [0.1, 0.15) is 69.4 Å². The number of Topliss-reactive ketones (excluding diaryl/α,β-unsaturated/α-hetero) is 1. The predicted octanol–water partition coefficient (Wildman–Crippen LogP) is 4.88. The largest absolute Gasteiger partial charge is 0.508 e. The summed E-state index contributed by atoms with van der Waals surface area (Å²) >= 11 is 0. The number of rotatable bonds is 4. The Morgan fingerprint density at radius 2 is 2.07 bits per heavy atom. The Morgan fingerprint density at radius 3 is 2.79 bits per heavy atom. The number of nitrogens with zero attached hydrogens (tertiary/aromatic N) is 1. The van der Waals surface area contributed by atoms with Crippen molar-refractivity contribution in [3.8, 4) is 5.75 Å². The van der Waals surface area contributed by atoms with E-state index >= 15 is 0 Å². The Hall–Kier alpha value is -1.06. The minimum Gasteiger partial charge on any atom is -0.508 e. The number of phenolic OH excluding ortho intramolecular Hbond substituents is 1. The zero-order valence-electron chi connectivity index (χ0n) is 17.0. The van der Waals surface area contributed by atoms with E-state index in [1.807, 2.05) is 12.1 Å². The number of carbonyl (C=O) groups is 1. The van der Waals surface area contributed by atoms with E-state index in [-0.39, 0.29) is 17.8 Å². The molecule has 0 aromatic heterocycles. The summed E-state index contributed by atoms with van der Waals surface area (Å²) in [5.41, 5.74) is 2.67. The molecule has 1 aromatic carbocycles. The lowest BCUT2D eigenvalue weighted by atomic mass is 9.48. The third-order valence-corrected chi connectivity index (χ3v) is 8.31. The van der Waals surface area contributed by atoms with Crippen molar-refractivity contribution in [3.63, 3.8) is 0 Å². The van der Waals surface area contributed by atoms with Gasteiger partial charge in [-0.15, -0.1) is 12.4 Å². The molecule has 3 nitrogen and oxygen atoms in total. The van der Waals surface area contributed by atoms with Crippen molar-refractivity contribution in [1.82, 2.24) is 4.90 Å². The maximum atomic E-state index is 12.8. The second kappa shape index (κ2) is 7.65. The standard InChI is InChI=1S/C24H33NO2.ClH/c1-2-4-18-11-20(27)14-24-9-10-25(15-16-5-3-6-16)22(23(18)24)12-17-7-8-19(26)13-21(17)24;/h7-8,13,16,18,22-23,26H,2-6,9-12,14-15H2,1H3;1H/t18-,22?,23-,24?;/m1./s1. The topological polar surface area (TPSA) is 40.5 Å². The number of aromatic hydroxyl groups is 1. The monoisotopic (exact) mass is 403 g/mol. The average molecular weight is 404 g/mol. The van der Waals surface area contributed by atoms with Crippen molar-refractivity contribution >= 4 is 18.2 Å². The first-order valence-corrected chi connectivity index (χ1v) is 11.2. The number of likely N-dealkylation sites (tertiary alicyclic amines) is 1. The summed E-state index contributed by atoms with van der Waals surface area (Å²) in [5, 5.41) is 10.2. The molecule has 4 aliphatic rings. The van der Waals surface area contributed by atoms with Gasteiger partial charge in [0, 0.05) is 30.8 Å². The van der Waals surface area contributed by atoms with Gasteiger partial charge in [-0.05, 0) is 79.7 Å². The summed E-state index contributed by atoms with van der Waals surface area (Å²) < 4.78 is 0. The highest BCUT2D eigenvalue weighted by atomic mass is 35.5. The van der Waals surface area contributed by atoms with Gasteiger partial charge in [0.05, 0.1) is 0 Å². The smallest absolute Gasteiger partial charge is 0.134 e.